The van der Waals surface area contributed by atoms with Crippen LogP contribution in [-0.2, 0) is 52.9 Å². The van der Waals surface area contributed by atoms with Crippen LogP contribution in [0.2, 0.25) is 0 Å². The molecule has 3 aliphatic heterocycles. The summed E-state index contributed by atoms with van der Waals surface area (Å²) in [4.78, 5) is 85.0. The molecule has 0 spiro atoms. The number of amides is 4. The predicted molar refractivity (Wildman–Crippen MR) is 265 cm³/mol. The van der Waals surface area contributed by atoms with Crippen molar-refractivity contribution in [3.05, 3.63) is 94.5 Å². The Morgan fingerprint density at radius 3 is 2.34 bits per heavy atom. The third kappa shape index (κ3) is 15.1. The number of nitrogens with zero attached hydrogens (tertiary/aromatic N) is 6. The topological polar surface area (TPSA) is 238 Å². The highest BCUT2D eigenvalue weighted by molar-refractivity contribution is 7.13. The molecule has 4 atom stereocenters. The predicted octanol–water partition coefficient (Wildman–Crippen LogP) is 2.77. The number of aliphatic hydroxyl groups is 2. The third-order valence-corrected chi connectivity index (χ3v) is 13.8. The fourth-order valence-electron chi connectivity index (χ4n) is 8.83. The molecule has 0 aliphatic carbocycles. The third-order valence-electron chi connectivity index (χ3n) is 12.8. The molecule has 4 aromatic rings. The monoisotopic (exact) mass is 997 g/mol. The summed E-state index contributed by atoms with van der Waals surface area (Å²) in [7, 11) is 0. The van der Waals surface area contributed by atoms with E-state index in [0.717, 1.165) is 41.2 Å². The van der Waals surface area contributed by atoms with Crippen molar-refractivity contribution >= 4 is 46.6 Å². The maximum Gasteiger partial charge on any atom is 0.248 e. The summed E-state index contributed by atoms with van der Waals surface area (Å²) < 4.78 is 16.6. The second-order valence-electron chi connectivity index (χ2n) is 19.5. The fraction of sp³-hybridized carbons (Fsp3) is 0.529. The van der Waals surface area contributed by atoms with E-state index in [9.17, 15) is 34.2 Å². The van der Waals surface area contributed by atoms with Crippen LogP contribution in [0.1, 0.15) is 72.9 Å². The number of benzene rings is 2. The summed E-state index contributed by atoms with van der Waals surface area (Å²) in [6.45, 7) is 10.8. The number of hydrogen-bond donors (Lipinski definition) is 5. The molecule has 0 saturated carbocycles. The molecule has 71 heavy (non-hydrogen) atoms. The van der Waals surface area contributed by atoms with Crippen LogP contribution in [-0.4, -0.2) is 172 Å². The second kappa shape index (κ2) is 25.1. The van der Waals surface area contributed by atoms with Gasteiger partial charge in [0.2, 0.25) is 23.6 Å². The van der Waals surface area contributed by atoms with Crippen molar-refractivity contribution < 1.29 is 48.4 Å². The molecule has 4 amide bonds. The summed E-state index contributed by atoms with van der Waals surface area (Å²) >= 11 is 1.56. The number of carbonyl (C=O) groups is 5. The van der Waals surface area contributed by atoms with Crippen molar-refractivity contribution in [2.24, 2.45) is 5.41 Å². The van der Waals surface area contributed by atoms with Crippen LogP contribution < -0.4 is 16.0 Å². The maximum atomic E-state index is 13.9. The van der Waals surface area contributed by atoms with E-state index in [1.165, 1.54) is 22.4 Å². The highest BCUT2D eigenvalue weighted by Gasteiger charge is 2.44. The Bertz CT molecular complexity index is 2440. The lowest BCUT2D eigenvalue weighted by Gasteiger charge is -2.39. The molecule has 5 N–H and O–H groups in total. The van der Waals surface area contributed by atoms with Gasteiger partial charge in [0, 0.05) is 64.7 Å². The smallest absolute Gasteiger partial charge is 0.248 e. The van der Waals surface area contributed by atoms with Crippen molar-refractivity contribution in [3.63, 3.8) is 0 Å². The van der Waals surface area contributed by atoms with Crippen LogP contribution in [0.4, 0.5) is 5.82 Å². The lowest BCUT2D eigenvalue weighted by Crippen LogP contribution is -2.58. The molecule has 0 radical (unpaired) electrons. The molecule has 5 heterocycles. The Balaban J connectivity index is 0.724. The number of aryl methyl sites for hydroxylation is 1. The summed E-state index contributed by atoms with van der Waals surface area (Å²) in [5.41, 5.74) is 6.86. The Labute approximate surface area is 418 Å². The average molecular weight is 998 g/mol. The average Bonchev–Trinajstić information content (AvgIpc) is 3.96. The first-order valence-corrected chi connectivity index (χ1v) is 25.1. The van der Waals surface area contributed by atoms with E-state index in [4.69, 9.17) is 14.2 Å². The zero-order valence-corrected chi connectivity index (χ0v) is 41.8. The molecule has 20 heteroatoms. The Hall–Kier alpha value is -5.74. The number of aliphatic hydroxyl groups excluding tert-OH is 2. The second-order valence-corrected chi connectivity index (χ2v) is 20.3. The van der Waals surface area contributed by atoms with E-state index in [-0.39, 0.29) is 94.9 Å². The summed E-state index contributed by atoms with van der Waals surface area (Å²) in [6.07, 6.45) is 1.35. The van der Waals surface area contributed by atoms with Gasteiger partial charge in [0.05, 0.1) is 60.8 Å². The highest BCUT2D eigenvalue weighted by atomic mass is 32.1. The van der Waals surface area contributed by atoms with Crippen molar-refractivity contribution in [2.75, 3.05) is 77.7 Å². The molecule has 0 unspecified atom stereocenters. The van der Waals surface area contributed by atoms with E-state index < -0.39 is 41.5 Å². The molecule has 3 aliphatic rings. The lowest BCUT2D eigenvalue weighted by molar-refractivity contribution is -0.144. The summed E-state index contributed by atoms with van der Waals surface area (Å²) in [5.74, 6) is -1.22. The van der Waals surface area contributed by atoms with Crippen molar-refractivity contribution in [2.45, 2.75) is 96.8 Å². The molecule has 382 valence electrons. The van der Waals surface area contributed by atoms with Crippen LogP contribution in [0.5, 0.6) is 0 Å². The molecule has 7 rings (SSSR count). The van der Waals surface area contributed by atoms with Crippen LogP contribution in [0.15, 0.2) is 66.4 Å². The van der Waals surface area contributed by atoms with Gasteiger partial charge in [0.1, 0.15) is 43.1 Å². The molecule has 2 aromatic carbocycles. The van der Waals surface area contributed by atoms with Gasteiger partial charge in [0.15, 0.2) is 5.78 Å². The number of β-amino-alcohol motifs (C(OH)–C–C–N with tert-alkyl or cyclic N) is 2. The van der Waals surface area contributed by atoms with E-state index in [1.807, 2.05) is 64.1 Å². The minimum atomic E-state index is -0.993. The van der Waals surface area contributed by atoms with Gasteiger partial charge in [0.25, 0.3) is 0 Å². The number of aromatic nitrogens is 3. The van der Waals surface area contributed by atoms with Crippen LogP contribution in [0, 0.1) is 12.3 Å². The van der Waals surface area contributed by atoms with E-state index >= 15 is 0 Å². The van der Waals surface area contributed by atoms with E-state index in [1.54, 1.807) is 27.8 Å². The van der Waals surface area contributed by atoms with Crippen LogP contribution in [0.3, 0.4) is 0 Å². The first-order valence-electron chi connectivity index (χ1n) is 24.3. The number of nitrogens with one attached hydrogen (secondary N) is 3. The van der Waals surface area contributed by atoms with Gasteiger partial charge in [-0.2, -0.15) is 0 Å². The zero-order valence-electron chi connectivity index (χ0n) is 41.0. The molecule has 0 bridgehead atoms. The summed E-state index contributed by atoms with van der Waals surface area (Å²) in [6, 6.07) is 15.8. The number of ether oxygens (including phenoxy) is 3. The quantitative estimate of drug-likeness (QED) is 0.0502. The number of ketones is 1. The highest BCUT2D eigenvalue weighted by Crippen LogP contribution is 2.29. The van der Waals surface area contributed by atoms with Crippen molar-refractivity contribution in [3.8, 4) is 10.4 Å². The lowest BCUT2D eigenvalue weighted by atomic mass is 9.85. The van der Waals surface area contributed by atoms with Gasteiger partial charge in [-0.1, -0.05) is 69.3 Å². The molecular formula is C51H67N9O10S. The van der Waals surface area contributed by atoms with Gasteiger partial charge in [-0.05, 0) is 47.4 Å². The zero-order chi connectivity index (χ0) is 50.5. The minimum absolute atomic E-state index is 0.0355. The Kier molecular flexibility index (Phi) is 18.7. The van der Waals surface area contributed by atoms with Crippen molar-refractivity contribution in [1.82, 2.24) is 40.3 Å². The van der Waals surface area contributed by atoms with Crippen molar-refractivity contribution in [1.29, 1.82) is 0 Å². The number of likely N-dealkylation sites (tertiary alicyclic amines) is 2. The number of rotatable bonds is 24. The Morgan fingerprint density at radius 2 is 1.62 bits per heavy atom. The SMILES string of the molecule is Cc1ncsc1-c1ccc(CNC(=O)[C@@H]2C[C@@H](O)CN2C(=O)[C@@H](NC(=O)COCCOCCOCC(=O)N2CC(Nc3cc(C(=O)CC[C@H](O)CN4CCc5ccccc5C4)ncn3)C2)C(C)(C)C)cc1. The normalized spacial score (nSPS) is 18.1. The molecule has 19 nitrogen and oxygen atoms in total. The molecular weight excluding hydrogens is 931 g/mol. The first-order chi connectivity index (χ1) is 34.1. The van der Waals surface area contributed by atoms with Gasteiger partial charge >= 0.3 is 0 Å². The summed E-state index contributed by atoms with van der Waals surface area (Å²) in [5, 5.41) is 30.2. The first kappa shape index (κ1) is 53.1. The maximum absolute atomic E-state index is 13.9. The standard InChI is InChI=1S/C51H67N9O10S/c1-33-47(71-32-55-33)36-11-9-34(10-12-36)23-52-49(66)42-21-40(62)28-60(42)50(67)48(51(2,3)4)57-45(64)29-69-19-17-68-18-20-70-30-46(65)59-25-38(26-59)56-44-22-41(53-31-54-44)43(63)14-13-39(61)27-58-16-15-35-7-5-6-8-37(35)24-58/h5-12,22,31-32,38-40,42,48,61-62H,13-21,23-30H2,1-4H3,(H,52,66)(H,57,64)(H,53,54,56)/t39-,40+,42-,48+/m0/s1. The van der Waals surface area contributed by atoms with Gasteiger partial charge < -0.3 is 50.2 Å². The Morgan fingerprint density at radius 1 is 0.901 bits per heavy atom. The molecule has 2 fully saturated rings. The number of fused-ring (bicyclic) bond motifs is 1. The number of carbonyl (C=O) groups excluding carboxylic acids is 5. The van der Waals surface area contributed by atoms with Gasteiger partial charge in [-0.25, -0.2) is 15.0 Å². The van der Waals surface area contributed by atoms with Crippen LogP contribution >= 0.6 is 11.3 Å². The minimum Gasteiger partial charge on any atom is -0.392 e. The van der Waals surface area contributed by atoms with Gasteiger partial charge in [-0.15, -0.1) is 11.3 Å². The number of Topliss-reactive ketones (excluding diaryl/α,β-unsaturated/α-hetero) is 1. The molecule has 2 aromatic heterocycles. The van der Waals surface area contributed by atoms with E-state index in [0.29, 0.717) is 31.9 Å². The van der Waals surface area contributed by atoms with Crippen LogP contribution in [0.25, 0.3) is 10.4 Å². The van der Waals surface area contributed by atoms with E-state index in [2.05, 4.69) is 47.9 Å². The number of thiazole rings is 1. The number of hydrogen-bond acceptors (Lipinski definition) is 16. The molecule has 2 saturated heterocycles. The largest absolute Gasteiger partial charge is 0.392 e. The van der Waals surface area contributed by atoms with Gasteiger partial charge in [-0.3, -0.25) is 28.9 Å². The fourth-order valence-corrected chi connectivity index (χ4v) is 9.64. The number of anilines is 1.